The molecule has 0 fully saturated rings. The summed E-state index contributed by atoms with van der Waals surface area (Å²) < 4.78 is 0. The summed E-state index contributed by atoms with van der Waals surface area (Å²) >= 11 is 1.60. The van der Waals surface area contributed by atoms with Crippen LogP contribution in [0.2, 0.25) is 0 Å². The van der Waals surface area contributed by atoms with Crippen molar-refractivity contribution >= 4 is 17.4 Å². The summed E-state index contributed by atoms with van der Waals surface area (Å²) in [6.45, 7) is 0. The van der Waals surface area contributed by atoms with E-state index in [1.54, 1.807) is 23.9 Å². The molecule has 0 amide bonds. The molecule has 2 rings (SSSR count). The molecular weight excluding hydrogens is 186 g/mol. The molecule has 0 aliphatic carbocycles. The molecule has 1 aliphatic rings. The number of nitrogens with zero attached hydrogens (tertiary/aromatic N) is 1. The largest absolute Gasteiger partial charge is 0.283 e. The molecule has 0 saturated carbocycles. The first-order valence-corrected chi connectivity index (χ1v) is 5.16. The van der Waals surface area contributed by atoms with Gasteiger partial charge in [-0.25, -0.2) is 0 Å². The lowest BCUT2D eigenvalue weighted by Gasteiger charge is -2.13. The van der Waals surface area contributed by atoms with Gasteiger partial charge in [0.1, 0.15) is 0 Å². The van der Waals surface area contributed by atoms with Gasteiger partial charge in [0.2, 0.25) is 0 Å². The highest BCUT2D eigenvalue weighted by molar-refractivity contribution is 7.99. The van der Waals surface area contributed by atoms with Crippen molar-refractivity contribution in [3.63, 3.8) is 0 Å². The Morgan fingerprint density at radius 1 is 1.46 bits per heavy atom. The first-order valence-electron chi connectivity index (χ1n) is 4.18. The van der Waals surface area contributed by atoms with Gasteiger partial charge >= 0.3 is 0 Å². The Hall–Kier alpha value is -1.03. The van der Waals surface area contributed by atoms with Gasteiger partial charge in [0, 0.05) is 6.07 Å². The van der Waals surface area contributed by atoms with Gasteiger partial charge in [-0.1, -0.05) is 12.1 Å². The van der Waals surface area contributed by atoms with Gasteiger partial charge in [0.15, 0.2) is 0 Å². The van der Waals surface area contributed by atoms with Gasteiger partial charge in [0.05, 0.1) is 9.82 Å². The van der Waals surface area contributed by atoms with E-state index in [0.29, 0.717) is 0 Å². The van der Waals surface area contributed by atoms with Crippen molar-refractivity contribution in [1.82, 2.24) is 0 Å². The van der Waals surface area contributed by atoms with Crippen LogP contribution in [-0.2, 0) is 6.42 Å². The number of nitro groups is 1. The van der Waals surface area contributed by atoms with Gasteiger partial charge in [-0.05, 0) is 24.2 Å². The van der Waals surface area contributed by atoms with Crippen LogP contribution in [0.1, 0.15) is 12.0 Å². The monoisotopic (exact) mass is 195 g/mol. The van der Waals surface area contributed by atoms with E-state index < -0.39 is 0 Å². The van der Waals surface area contributed by atoms with Gasteiger partial charge in [-0.15, -0.1) is 11.8 Å². The summed E-state index contributed by atoms with van der Waals surface area (Å²) in [7, 11) is 0. The third kappa shape index (κ3) is 1.54. The maximum absolute atomic E-state index is 10.7. The highest BCUT2D eigenvalue weighted by Gasteiger charge is 2.19. The van der Waals surface area contributed by atoms with Crippen molar-refractivity contribution in [2.45, 2.75) is 17.7 Å². The van der Waals surface area contributed by atoms with E-state index in [9.17, 15) is 10.1 Å². The lowest BCUT2D eigenvalue weighted by atomic mass is 10.1. The third-order valence-corrected chi connectivity index (χ3v) is 3.36. The molecule has 0 atom stereocenters. The van der Waals surface area contributed by atoms with Gasteiger partial charge in [-0.3, -0.25) is 10.1 Å². The van der Waals surface area contributed by atoms with E-state index >= 15 is 0 Å². The first kappa shape index (κ1) is 8.56. The van der Waals surface area contributed by atoms with E-state index in [1.165, 1.54) is 0 Å². The average molecular weight is 195 g/mol. The Labute approximate surface area is 80.3 Å². The highest BCUT2D eigenvalue weighted by Crippen LogP contribution is 2.36. The number of fused-ring (bicyclic) bond motifs is 1. The zero-order chi connectivity index (χ0) is 9.26. The lowest BCUT2D eigenvalue weighted by Crippen LogP contribution is -2.01. The number of benzene rings is 1. The van der Waals surface area contributed by atoms with Crippen LogP contribution in [0, 0.1) is 10.1 Å². The van der Waals surface area contributed by atoms with Crippen molar-refractivity contribution in [3.8, 4) is 0 Å². The summed E-state index contributed by atoms with van der Waals surface area (Å²) in [5, 5.41) is 10.7. The van der Waals surface area contributed by atoms with Crippen molar-refractivity contribution in [3.05, 3.63) is 33.9 Å². The van der Waals surface area contributed by atoms with Crippen LogP contribution in [-0.4, -0.2) is 10.7 Å². The van der Waals surface area contributed by atoms with Crippen LogP contribution in [0.5, 0.6) is 0 Å². The maximum atomic E-state index is 10.7. The van der Waals surface area contributed by atoms with Crippen molar-refractivity contribution in [2.75, 3.05) is 5.75 Å². The smallest absolute Gasteiger partial charge is 0.258 e. The standard InChI is InChI=1S/C9H9NO2S/c11-10(12)8-5-1-3-7-4-2-6-13-9(7)8/h1,3,5H,2,4,6H2. The topological polar surface area (TPSA) is 43.1 Å². The van der Waals surface area contributed by atoms with E-state index in [1.807, 2.05) is 6.07 Å². The predicted octanol–water partition coefficient (Wildman–Crippen LogP) is 2.63. The van der Waals surface area contributed by atoms with Gasteiger partial charge in [0.25, 0.3) is 5.69 Å². The Morgan fingerprint density at radius 2 is 2.31 bits per heavy atom. The molecule has 1 heterocycles. The summed E-state index contributed by atoms with van der Waals surface area (Å²) in [5.41, 5.74) is 1.40. The van der Waals surface area contributed by atoms with Gasteiger partial charge < -0.3 is 0 Å². The molecule has 4 heteroatoms. The molecule has 0 bridgehead atoms. The fourth-order valence-corrected chi connectivity index (χ4v) is 2.65. The molecular formula is C9H9NO2S. The molecule has 0 radical (unpaired) electrons. The van der Waals surface area contributed by atoms with Crippen LogP contribution in [0.4, 0.5) is 5.69 Å². The predicted molar refractivity (Wildman–Crippen MR) is 52.1 cm³/mol. The maximum Gasteiger partial charge on any atom is 0.283 e. The summed E-state index contributed by atoms with van der Waals surface area (Å²) in [5.74, 6) is 0.998. The lowest BCUT2D eigenvalue weighted by molar-refractivity contribution is -0.387. The summed E-state index contributed by atoms with van der Waals surface area (Å²) in [6, 6.07) is 5.33. The second-order valence-electron chi connectivity index (χ2n) is 2.97. The van der Waals surface area contributed by atoms with E-state index in [-0.39, 0.29) is 10.6 Å². The Balaban J connectivity index is 2.52. The molecule has 68 valence electrons. The molecule has 0 N–H and O–H groups in total. The average Bonchev–Trinajstić information content (AvgIpc) is 2.17. The molecule has 3 nitrogen and oxygen atoms in total. The fourth-order valence-electron chi connectivity index (χ4n) is 1.52. The first-order chi connectivity index (χ1) is 6.29. The van der Waals surface area contributed by atoms with Crippen molar-refractivity contribution in [1.29, 1.82) is 0 Å². The van der Waals surface area contributed by atoms with E-state index in [0.717, 1.165) is 29.1 Å². The number of hydrogen-bond acceptors (Lipinski definition) is 3. The number of aryl methyl sites for hydroxylation is 1. The molecule has 0 spiro atoms. The second-order valence-corrected chi connectivity index (χ2v) is 4.08. The Morgan fingerprint density at radius 3 is 3.08 bits per heavy atom. The molecule has 1 aromatic rings. The minimum Gasteiger partial charge on any atom is -0.258 e. The Kier molecular flexibility index (Phi) is 2.22. The zero-order valence-corrected chi connectivity index (χ0v) is 7.84. The molecule has 0 saturated heterocycles. The van der Waals surface area contributed by atoms with Crippen molar-refractivity contribution in [2.24, 2.45) is 0 Å². The van der Waals surface area contributed by atoms with Crippen LogP contribution in [0.3, 0.4) is 0 Å². The highest BCUT2D eigenvalue weighted by atomic mass is 32.2. The minimum absolute atomic E-state index is 0.266. The number of thioether (sulfide) groups is 1. The number of rotatable bonds is 1. The van der Waals surface area contributed by atoms with Gasteiger partial charge in [-0.2, -0.15) is 0 Å². The Bertz CT molecular complexity index is 351. The van der Waals surface area contributed by atoms with Crippen LogP contribution in [0.15, 0.2) is 23.1 Å². The molecule has 1 aromatic carbocycles. The minimum atomic E-state index is -0.294. The number of hydrogen-bond donors (Lipinski definition) is 0. The molecule has 13 heavy (non-hydrogen) atoms. The molecule has 0 aromatic heterocycles. The summed E-state index contributed by atoms with van der Waals surface area (Å²) in [4.78, 5) is 11.2. The zero-order valence-electron chi connectivity index (χ0n) is 7.03. The van der Waals surface area contributed by atoms with E-state index in [4.69, 9.17) is 0 Å². The van der Waals surface area contributed by atoms with Crippen molar-refractivity contribution < 1.29 is 4.92 Å². The fraction of sp³-hybridized carbons (Fsp3) is 0.333. The third-order valence-electron chi connectivity index (χ3n) is 2.11. The normalized spacial score (nSPS) is 15.1. The van der Waals surface area contributed by atoms with Crippen LogP contribution >= 0.6 is 11.8 Å². The van der Waals surface area contributed by atoms with Crippen LogP contribution < -0.4 is 0 Å². The van der Waals surface area contributed by atoms with Crippen LogP contribution in [0.25, 0.3) is 0 Å². The van der Waals surface area contributed by atoms with E-state index in [2.05, 4.69) is 0 Å². The number of nitro benzene ring substituents is 1. The molecule has 1 aliphatic heterocycles. The summed E-state index contributed by atoms with van der Waals surface area (Å²) in [6.07, 6.45) is 2.10. The SMILES string of the molecule is O=[N+]([O-])c1cccc2c1SCCC2. The second kappa shape index (κ2) is 3.38. The molecule has 0 unspecified atom stereocenters. The quantitative estimate of drug-likeness (QED) is 0.511.